The Labute approximate surface area is 95.9 Å². The number of hydrogen-bond acceptors (Lipinski definition) is 3. The summed E-state index contributed by atoms with van der Waals surface area (Å²) in [4.78, 5) is 0. The van der Waals surface area contributed by atoms with Gasteiger partial charge in [0, 0.05) is 12.1 Å². The molecular weight excluding hydrogens is 200 g/mol. The van der Waals surface area contributed by atoms with Crippen molar-refractivity contribution in [1.82, 2.24) is 10.6 Å². The quantitative estimate of drug-likeness (QED) is 0.666. The van der Waals surface area contributed by atoms with Crippen molar-refractivity contribution in [2.45, 2.75) is 31.3 Å². The Morgan fingerprint density at radius 3 is 2.94 bits per heavy atom. The average molecular weight is 218 g/mol. The van der Waals surface area contributed by atoms with Gasteiger partial charge in [-0.3, -0.25) is 0 Å². The predicted molar refractivity (Wildman–Crippen MR) is 63.6 cm³/mol. The van der Waals surface area contributed by atoms with Gasteiger partial charge < -0.3 is 15.7 Å². The van der Waals surface area contributed by atoms with E-state index in [1.165, 1.54) is 24.0 Å². The molecular formula is C13H18N2O. The first-order chi connectivity index (χ1) is 7.84. The first kappa shape index (κ1) is 10.1. The third-order valence-electron chi connectivity index (χ3n) is 3.72. The van der Waals surface area contributed by atoms with E-state index >= 15 is 0 Å². The number of hydrogen-bond donors (Lipinski definition) is 3. The molecule has 3 rings (SSSR count). The summed E-state index contributed by atoms with van der Waals surface area (Å²) < 4.78 is 0. The highest BCUT2D eigenvalue weighted by Crippen LogP contribution is 2.31. The Bertz CT molecular complexity index is 386. The molecule has 0 bridgehead atoms. The molecule has 2 heterocycles. The van der Waals surface area contributed by atoms with Gasteiger partial charge in [0.2, 0.25) is 0 Å². The van der Waals surface area contributed by atoms with E-state index in [1.807, 2.05) is 6.07 Å². The van der Waals surface area contributed by atoms with Crippen LogP contribution in [0.1, 0.15) is 30.0 Å². The second kappa shape index (κ2) is 4.07. The van der Waals surface area contributed by atoms with Crippen molar-refractivity contribution in [2.24, 2.45) is 0 Å². The van der Waals surface area contributed by atoms with E-state index in [1.54, 1.807) is 6.07 Å². The van der Waals surface area contributed by atoms with Crippen LogP contribution in [-0.2, 0) is 6.42 Å². The van der Waals surface area contributed by atoms with E-state index in [0.717, 1.165) is 19.5 Å². The zero-order valence-electron chi connectivity index (χ0n) is 9.37. The van der Waals surface area contributed by atoms with E-state index < -0.39 is 0 Å². The molecule has 2 unspecified atom stereocenters. The molecule has 0 aromatic heterocycles. The third-order valence-corrected chi connectivity index (χ3v) is 3.72. The summed E-state index contributed by atoms with van der Waals surface area (Å²) in [7, 11) is 0. The largest absolute Gasteiger partial charge is 0.508 e. The molecule has 2 aliphatic heterocycles. The molecule has 2 atom stereocenters. The lowest BCUT2D eigenvalue weighted by atomic mass is 9.89. The maximum atomic E-state index is 9.60. The summed E-state index contributed by atoms with van der Waals surface area (Å²) in [5.41, 5.74) is 2.67. The lowest BCUT2D eigenvalue weighted by molar-refractivity contribution is 0.394. The van der Waals surface area contributed by atoms with Crippen molar-refractivity contribution < 1.29 is 5.11 Å². The van der Waals surface area contributed by atoms with E-state index in [2.05, 4.69) is 16.7 Å². The number of phenols is 1. The van der Waals surface area contributed by atoms with Crippen molar-refractivity contribution in [3.8, 4) is 5.75 Å². The monoisotopic (exact) mass is 218 g/mol. The van der Waals surface area contributed by atoms with Crippen LogP contribution in [0, 0.1) is 0 Å². The molecule has 16 heavy (non-hydrogen) atoms. The second-order valence-electron chi connectivity index (χ2n) is 4.77. The highest BCUT2D eigenvalue weighted by molar-refractivity contribution is 5.39. The van der Waals surface area contributed by atoms with E-state index in [0.29, 0.717) is 17.8 Å². The van der Waals surface area contributed by atoms with Gasteiger partial charge in [0.05, 0.1) is 0 Å². The maximum Gasteiger partial charge on any atom is 0.115 e. The summed E-state index contributed by atoms with van der Waals surface area (Å²) in [6, 6.07) is 6.68. The molecule has 0 amide bonds. The lowest BCUT2D eigenvalue weighted by Crippen LogP contribution is -2.41. The molecule has 86 valence electrons. The number of rotatable bonds is 1. The minimum Gasteiger partial charge on any atom is -0.508 e. The van der Waals surface area contributed by atoms with Crippen molar-refractivity contribution in [3.05, 3.63) is 29.3 Å². The standard InChI is InChI=1S/C13H18N2O/c16-10-4-3-9-5-7-15-13(11(9)8-10)12-2-1-6-14-12/h3-4,8,12-16H,1-2,5-7H2. The summed E-state index contributed by atoms with van der Waals surface area (Å²) in [5, 5.41) is 16.7. The normalized spacial score (nSPS) is 29.0. The number of benzene rings is 1. The number of phenolic OH excluding ortho intramolecular Hbond substituents is 1. The van der Waals surface area contributed by atoms with Crippen LogP contribution < -0.4 is 10.6 Å². The molecule has 0 saturated carbocycles. The molecule has 1 aromatic carbocycles. The van der Waals surface area contributed by atoms with E-state index in [4.69, 9.17) is 0 Å². The summed E-state index contributed by atoms with van der Waals surface area (Å²) in [5.74, 6) is 0.380. The fourth-order valence-electron chi connectivity index (χ4n) is 2.93. The van der Waals surface area contributed by atoms with Crippen LogP contribution in [0.25, 0.3) is 0 Å². The fraction of sp³-hybridized carbons (Fsp3) is 0.538. The van der Waals surface area contributed by atoms with Crippen LogP contribution in [0.2, 0.25) is 0 Å². The molecule has 2 aliphatic rings. The van der Waals surface area contributed by atoms with Gasteiger partial charge in [-0.1, -0.05) is 6.07 Å². The third kappa shape index (κ3) is 1.70. The van der Waals surface area contributed by atoms with Crippen LogP contribution >= 0.6 is 0 Å². The Hall–Kier alpha value is -1.06. The van der Waals surface area contributed by atoms with Crippen molar-refractivity contribution in [1.29, 1.82) is 0 Å². The van der Waals surface area contributed by atoms with Gasteiger partial charge in [-0.25, -0.2) is 0 Å². The molecule has 1 saturated heterocycles. The summed E-state index contributed by atoms with van der Waals surface area (Å²) >= 11 is 0. The van der Waals surface area contributed by atoms with Crippen LogP contribution in [0.5, 0.6) is 5.75 Å². The first-order valence-electron chi connectivity index (χ1n) is 6.13. The van der Waals surface area contributed by atoms with Gasteiger partial charge in [-0.2, -0.15) is 0 Å². The van der Waals surface area contributed by atoms with Gasteiger partial charge in [0.15, 0.2) is 0 Å². The zero-order chi connectivity index (χ0) is 11.0. The molecule has 3 N–H and O–H groups in total. The van der Waals surface area contributed by atoms with Gasteiger partial charge >= 0.3 is 0 Å². The molecule has 0 radical (unpaired) electrons. The van der Waals surface area contributed by atoms with Gasteiger partial charge in [0.25, 0.3) is 0 Å². The Morgan fingerprint density at radius 1 is 1.19 bits per heavy atom. The topological polar surface area (TPSA) is 44.3 Å². The molecule has 0 spiro atoms. The van der Waals surface area contributed by atoms with E-state index in [-0.39, 0.29) is 0 Å². The Balaban J connectivity index is 1.94. The zero-order valence-corrected chi connectivity index (χ0v) is 9.37. The Kier molecular flexibility index (Phi) is 2.58. The van der Waals surface area contributed by atoms with Crippen LogP contribution in [0.15, 0.2) is 18.2 Å². The molecule has 1 aromatic rings. The van der Waals surface area contributed by atoms with Crippen LogP contribution in [0.4, 0.5) is 0 Å². The van der Waals surface area contributed by atoms with Crippen LogP contribution in [0.3, 0.4) is 0 Å². The smallest absolute Gasteiger partial charge is 0.115 e. The highest BCUT2D eigenvalue weighted by atomic mass is 16.3. The minimum atomic E-state index is 0.373. The number of nitrogens with one attached hydrogen (secondary N) is 2. The summed E-state index contributed by atoms with van der Waals surface area (Å²) in [6.45, 7) is 2.16. The van der Waals surface area contributed by atoms with Crippen LogP contribution in [-0.4, -0.2) is 24.2 Å². The minimum absolute atomic E-state index is 0.373. The number of aromatic hydroxyl groups is 1. The molecule has 3 nitrogen and oxygen atoms in total. The number of fused-ring (bicyclic) bond motifs is 1. The second-order valence-corrected chi connectivity index (χ2v) is 4.77. The summed E-state index contributed by atoms with van der Waals surface area (Å²) in [6.07, 6.45) is 3.56. The van der Waals surface area contributed by atoms with E-state index in [9.17, 15) is 5.11 Å². The average Bonchev–Trinajstić information content (AvgIpc) is 2.81. The lowest BCUT2D eigenvalue weighted by Gasteiger charge is -2.31. The molecule has 1 fully saturated rings. The Morgan fingerprint density at radius 2 is 2.12 bits per heavy atom. The molecule has 3 heteroatoms. The van der Waals surface area contributed by atoms with Crippen molar-refractivity contribution in [2.75, 3.05) is 13.1 Å². The SMILES string of the molecule is Oc1ccc2c(c1)C(C1CCCN1)NCC2. The van der Waals surface area contributed by atoms with Crippen molar-refractivity contribution >= 4 is 0 Å². The van der Waals surface area contributed by atoms with Gasteiger partial charge in [-0.05, 0) is 55.6 Å². The maximum absolute atomic E-state index is 9.60. The molecule has 0 aliphatic carbocycles. The first-order valence-corrected chi connectivity index (χ1v) is 6.13. The van der Waals surface area contributed by atoms with Gasteiger partial charge in [0.1, 0.15) is 5.75 Å². The highest BCUT2D eigenvalue weighted by Gasteiger charge is 2.29. The van der Waals surface area contributed by atoms with Gasteiger partial charge in [-0.15, -0.1) is 0 Å². The predicted octanol–water partition coefficient (Wildman–Crippen LogP) is 1.33. The fourth-order valence-corrected chi connectivity index (χ4v) is 2.93. The van der Waals surface area contributed by atoms with Crippen molar-refractivity contribution in [3.63, 3.8) is 0 Å².